The first-order valence-electron chi connectivity index (χ1n) is 9.27. The number of methoxy groups -OCH3 is 2. The quantitative estimate of drug-likeness (QED) is 0.389. The van der Waals surface area contributed by atoms with Crippen molar-refractivity contribution in [3.8, 4) is 17.2 Å². The van der Waals surface area contributed by atoms with Crippen LogP contribution in [0, 0.1) is 0 Å². The Morgan fingerprint density at radius 1 is 0.700 bits per heavy atom. The smallest absolute Gasteiger partial charge is 0.163 e. The molecule has 30 heavy (non-hydrogen) atoms. The Morgan fingerprint density at radius 3 is 2.13 bits per heavy atom. The second kappa shape index (κ2) is 10.8. The highest BCUT2D eigenvalue weighted by molar-refractivity contribution is 6.35. The fraction of sp³-hybridized carbons (Fsp3) is 0.217. The van der Waals surface area contributed by atoms with E-state index in [-0.39, 0.29) is 6.61 Å². The maximum absolute atomic E-state index is 6.49. The molecule has 1 N–H and O–H groups in total. The van der Waals surface area contributed by atoms with Crippen molar-refractivity contribution < 1.29 is 14.2 Å². The van der Waals surface area contributed by atoms with Crippen LogP contribution in [0.2, 0.25) is 15.1 Å². The zero-order chi connectivity index (χ0) is 21.5. The van der Waals surface area contributed by atoms with Crippen LogP contribution in [0.25, 0.3) is 0 Å². The van der Waals surface area contributed by atoms with E-state index >= 15 is 0 Å². The first-order chi connectivity index (χ1) is 14.5. The molecule has 0 aliphatic rings. The lowest BCUT2D eigenvalue weighted by molar-refractivity contribution is 0.284. The van der Waals surface area contributed by atoms with Crippen molar-refractivity contribution in [3.63, 3.8) is 0 Å². The predicted molar refractivity (Wildman–Crippen MR) is 122 cm³/mol. The summed E-state index contributed by atoms with van der Waals surface area (Å²) in [5.41, 5.74) is 2.80. The number of ether oxygens (including phenoxy) is 3. The average molecular weight is 467 g/mol. The Bertz CT molecular complexity index is 1010. The number of benzene rings is 3. The summed E-state index contributed by atoms with van der Waals surface area (Å²) in [5.74, 6) is 1.99. The van der Waals surface area contributed by atoms with Gasteiger partial charge in [0.15, 0.2) is 11.5 Å². The van der Waals surface area contributed by atoms with Crippen LogP contribution in [0.5, 0.6) is 17.2 Å². The molecule has 0 aromatic heterocycles. The van der Waals surface area contributed by atoms with Gasteiger partial charge in [0.05, 0.1) is 14.2 Å². The molecule has 3 rings (SSSR count). The Morgan fingerprint density at radius 2 is 1.40 bits per heavy atom. The number of hydrogen-bond donors (Lipinski definition) is 1. The zero-order valence-corrected chi connectivity index (χ0v) is 18.9. The Hall–Kier alpha value is -2.11. The lowest BCUT2D eigenvalue weighted by Gasteiger charge is -2.15. The molecule has 3 aromatic carbocycles. The minimum absolute atomic E-state index is 0.272. The lowest BCUT2D eigenvalue weighted by atomic mass is 10.1. The average Bonchev–Trinajstić information content (AvgIpc) is 2.74. The van der Waals surface area contributed by atoms with Gasteiger partial charge < -0.3 is 19.5 Å². The molecule has 0 heterocycles. The maximum Gasteiger partial charge on any atom is 0.163 e. The van der Waals surface area contributed by atoms with E-state index < -0.39 is 0 Å². The summed E-state index contributed by atoms with van der Waals surface area (Å²) >= 11 is 18.6. The highest BCUT2D eigenvalue weighted by Gasteiger charge is 2.12. The number of hydrogen-bond acceptors (Lipinski definition) is 4. The van der Waals surface area contributed by atoms with Gasteiger partial charge >= 0.3 is 0 Å². The molecule has 7 heteroatoms. The van der Waals surface area contributed by atoms with Gasteiger partial charge in [0.2, 0.25) is 0 Å². The van der Waals surface area contributed by atoms with Crippen LogP contribution in [-0.2, 0) is 19.7 Å². The van der Waals surface area contributed by atoms with Gasteiger partial charge in [0, 0.05) is 45.4 Å². The molecule has 0 fully saturated rings. The Balaban J connectivity index is 1.67. The largest absolute Gasteiger partial charge is 0.496 e. The summed E-state index contributed by atoms with van der Waals surface area (Å²) in [6.45, 7) is 1.49. The van der Waals surface area contributed by atoms with Crippen LogP contribution in [-0.4, -0.2) is 14.2 Å². The SMILES string of the molecule is COc1ccccc1CNCc1cc(OC)c(OCc2ccc(Cl)cc2Cl)cc1Cl. The van der Waals surface area contributed by atoms with Crippen LogP contribution < -0.4 is 19.5 Å². The van der Waals surface area contributed by atoms with Crippen LogP contribution in [0.4, 0.5) is 0 Å². The summed E-state index contributed by atoms with van der Waals surface area (Å²) in [6.07, 6.45) is 0. The topological polar surface area (TPSA) is 39.7 Å². The fourth-order valence-electron chi connectivity index (χ4n) is 2.96. The van der Waals surface area contributed by atoms with Gasteiger partial charge in [-0.25, -0.2) is 0 Å². The van der Waals surface area contributed by atoms with Gasteiger partial charge in [-0.3, -0.25) is 0 Å². The van der Waals surface area contributed by atoms with Crippen molar-refractivity contribution >= 4 is 34.8 Å². The van der Waals surface area contributed by atoms with Crippen LogP contribution >= 0.6 is 34.8 Å². The van der Waals surface area contributed by atoms with E-state index in [1.165, 1.54) is 0 Å². The van der Waals surface area contributed by atoms with Crippen molar-refractivity contribution in [1.82, 2.24) is 5.32 Å². The third-order valence-corrected chi connectivity index (χ3v) is 5.49. The van der Waals surface area contributed by atoms with E-state index in [1.54, 1.807) is 32.4 Å². The molecule has 0 atom stereocenters. The molecule has 0 bridgehead atoms. The summed E-state index contributed by atoms with van der Waals surface area (Å²) in [4.78, 5) is 0. The third-order valence-electron chi connectivity index (χ3n) is 4.55. The number of rotatable bonds is 9. The minimum Gasteiger partial charge on any atom is -0.496 e. The van der Waals surface area contributed by atoms with Crippen molar-refractivity contribution in [3.05, 3.63) is 86.4 Å². The summed E-state index contributed by atoms with van der Waals surface area (Å²) < 4.78 is 16.8. The molecular formula is C23H22Cl3NO3. The Kier molecular flexibility index (Phi) is 8.11. The first kappa shape index (κ1) is 22.6. The zero-order valence-electron chi connectivity index (χ0n) is 16.7. The van der Waals surface area contributed by atoms with Gasteiger partial charge in [-0.15, -0.1) is 0 Å². The first-order valence-corrected chi connectivity index (χ1v) is 10.4. The van der Waals surface area contributed by atoms with E-state index in [0.717, 1.165) is 22.4 Å². The highest BCUT2D eigenvalue weighted by atomic mass is 35.5. The summed E-state index contributed by atoms with van der Waals surface area (Å²) in [5, 5.41) is 5.09. The molecule has 0 saturated heterocycles. The van der Waals surface area contributed by atoms with Crippen LogP contribution in [0.15, 0.2) is 54.6 Å². The second-order valence-electron chi connectivity index (χ2n) is 6.53. The van der Waals surface area contributed by atoms with E-state index in [1.807, 2.05) is 36.4 Å². The third kappa shape index (κ3) is 5.73. The lowest BCUT2D eigenvalue weighted by Crippen LogP contribution is -2.14. The van der Waals surface area contributed by atoms with Gasteiger partial charge in [0.25, 0.3) is 0 Å². The van der Waals surface area contributed by atoms with Crippen molar-refractivity contribution in [2.24, 2.45) is 0 Å². The second-order valence-corrected chi connectivity index (χ2v) is 7.79. The molecule has 0 aliphatic carbocycles. The van der Waals surface area contributed by atoms with Crippen molar-refractivity contribution in [1.29, 1.82) is 0 Å². The highest BCUT2D eigenvalue weighted by Crippen LogP contribution is 2.34. The van der Waals surface area contributed by atoms with Crippen molar-refractivity contribution in [2.75, 3.05) is 14.2 Å². The van der Waals surface area contributed by atoms with Gasteiger partial charge in [-0.2, -0.15) is 0 Å². The van der Waals surface area contributed by atoms with Crippen LogP contribution in [0.1, 0.15) is 16.7 Å². The number of nitrogens with one attached hydrogen (secondary N) is 1. The standard InChI is InChI=1S/C23H22Cl3NO3/c1-28-21-6-4-3-5-15(21)12-27-13-17-9-22(29-2)23(11-20(17)26)30-14-16-7-8-18(24)10-19(16)25/h3-11,27H,12-14H2,1-2H3. The van der Waals surface area contributed by atoms with E-state index in [4.69, 9.17) is 49.0 Å². The molecule has 158 valence electrons. The van der Waals surface area contributed by atoms with E-state index in [2.05, 4.69) is 5.32 Å². The van der Waals surface area contributed by atoms with E-state index in [0.29, 0.717) is 39.7 Å². The van der Waals surface area contributed by atoms with Gasteiger partial charge in [-0.1, -0.05) is 59.1 Å². The van der Waals surface area contributed by atoms with Gasteiger partial charge in [-0.05, 0) is 29.8 Å². The summed E-state index contributed by atoms with van der Waals surface area (Å²) in [7, 11) is 3.26. The number of halogens is 3. The molecular weight excluding hydrogens is 445 g/mol. The number of para-hydroxylation sites is 1. The van der Waals surface area contributed by atoms with Crippen LogP contribution in [0.3, 0.4) is 0 Å². The molecule has 3 aromatic rings. The van der Waals surface area contributed by atoms with Crippen molar-refractivity contribution in [2.45, 2.75) is 19.7 Å². The minimum atomic E-state index is 0.272. The summed E-state index contributed by atoms with van der Waals surface area (Å²) in [6, 6.07) is 16.8. The fourth-order valence-corrected chi connectivity index (χ4v) is 3.64. The molecule has 0 unspecified atom stereocenters. The van der Waals surface area contributed by atoms with E-state index in [9.17, 15) is 0 Å². The predicted octanol–water partition coefficient (Wildman–Crippen LogP) is 6.53. The van der Waals surface area contributed by atoms with Gasteiger partial charge in [0.1, 0.15) is 12.4 Å². The normalized spacial score (nSPS) is 10.7. The molecule has 0 amide bonds. The molecule has 0 spiro atoms. The maximum atomic E-state index is 6.49. The monoisotopic (exact) mass is 465 g/mol. The Labute approximate surface area is 191 Å². The molecule has 0 saturated carbocycles. The molecule has 4 nitrogen and oxygen atoms in total. The molecule has 0 radical (unpaired) electrons. The molecule has 0 aliphatic heterocycles.